The molecule has 0 radical (unpaired) electrons. The number of aromatic nitrogens is 5. The summed E-state index contributed by atoms with van der Waals surface area (Å²) in [6.45, 7) is 5.63. The van der Waals surface area contributed by atoms with Gasteiger partial charge < -0.3 is 15.4 Å². The lowest BCUT2D eigenvalue weighted by Crippen LogP contribution is -2.51. The van der Waals surface area contributed by atoms with E-state index in [0.29, 0.717) is 17.7 Å². The summed E-state index contributed by atoms with van der Waals surface area (Å²) in [4.78, 5) is 37.1. The number of rotatable bonds is 7. The van der Waals surface area contributed by atoms with E-state index < -0.39 is 42.7 Å². The van der Waals surface area contributed by atoms with E-state index in [1.807, 2.05) is 32.2 Å². The smallest absolute Gasteiger partial charge is 0.411 e. The van der Waals surface area contributed by atoms with Gasteiger partial charge in [-0.25, -0.2) is 23.8 Å². The number of ether oxygens (including phenoxy) is 1. The van der Waals surface area contributed by atoms with Crippen LogP contribution in [0.5, 0.6) is 0 Å². The first-order valence-corrected chi connectivity index (χ1v) is 16.5. The Labute approximate surface area is 295 Å². The maximum Gasteiger partial charge on any atom is 0.411 e. The molecule has 0 spiro atoms. The fourth-order valence-electron chi connectivity index (χ4n) is 5.59. The summed E-state index contributed by atoms with van der Waals surface area (Å²) in [5.74, 6) is -1.10. The first-order valence-electron chi connectivity index (χ1n) is 16.2. The second-order valence-corrected chi connectivity index (χ2v) is 14.1. The van der Waals surface area contributed by atoms with Crippen LogP contribution in [-0.2, 0) is 11.8 Å². The van der Waals surface area contributed by atoms with Gasteiger partial charge in [-0.15, -0.1) is 0 Å². The molecule has 2 bridgehead atoms. The zero-order valence-corrected chi connectivity index (χ0v) is 29.0. The molecule has 2 N–H and O–H groups in total. The summed E-state index contributed by atoms with van der Waals surface area (Å²) in [6.07, 6.45) is -5.26. The van der Waals surface area contributed by atoms with Crippen LogP contribution in [-0.4, -0.2) is 72.3 Å². The number of hydrogen-bond acceptors (Lipinski definition) is 8. The van der Waals surface area contributed by atoms with E-state index in [9.17, 15) is 22.8 Å². The first kappa shape index (κ1) is 35.8. The van der Waals surface area contributed by atoms with Gasteiger partial charge in [0.15, 0.2) is 5.82 Å². The van der Waals surface area contributed by atoms with Crippen LogP contribution in [0.25, 0.3) is 16.9 Å². The van der Waals surface area contributed by atoms with E-state index in [2.05, 4.69) is 25.5 Å². The molecule has 51 heavy (non-hydrogen) atoms. The van der Waals surface area contributed by atoms with Gasteiger partial charge in [-0.1, -0.05) is 50.6 Å². The highest BCUT2D eigenvalue weighted by molar-refractivity contribution is 6.32. The number of aryl methyl sites for hydroxylation is 1. The third-order valence-corrected chi connectivity index (χ3v) is 8.99. The van der Waals surface area contributed by atoms with Crippen molar-refractivity contribution in [3.63, 3.8) is 0 Å². The van der Waals surface area contributed by atoms with Crippen molar-refractivity contribution >= 4 is 29.6 Å². The lowest BCUT2D eigenvalue weighted by Gasteiger charge is -2.34. The predicted molar refractivity (Wildman–Crippen MR) is 180 cm³/mol. The Morgan fingerprint density at radius 3 is 2.43 bits per heavy atom. The van der Waals surface area contributed by atoms with Gasteiger partial charge in [0.1, 0.15) is 18.5 Å². The zero-order valence-electron chi connectivity index (χ0n) is 28.2. The van der Waals surface area contributed by atoms with E-state index in [1.54, 1.807) is 48.3 Å². The highest BCUT2D eigenvalue weighted by Crippen LogP contribution is 2.49. The average molecular weight is 730 g/mol. The molecule has 6 rings (SSSR count). The molecule has 0 saturated heterocycles. The number of hydrogen-bond donors (Lipinski definition) is 2. The highest BCUT2D eigenvalue weighted by Gasteiger charge is 2.64. The van der Waals surface area contributed by atoms with Gasteiger partial charge in [-0.05, 0) is 60.6 Å². The lowest BCUT2D eigenvalue weighted by molar-refractivity contribution is -0.164. The van der Waals surface area contributed by atoms with Crippen LogP contribution in [0.2, 0.25) is 5.02 Å². The fourth-order valence-corrected chi connectivity index (χ4v) is 5.79. The molecule has 1 fully saturated rings. The molecule has 2 atom stereocenters. The van der Waals surface area contributed by atoms with E-state index in [0.717, 1.165) is 16.8 Å². The SMILES string of the molecule is Cn1ccc(-c2ccc(C(=O)N3/C(NCCC(C)(C)C)=N/C(F)c4ncnn4-c4cc(ccc4Cl)[C@H]3COC(=O)NC3(C(F)(F)F)CC3)cc2)n1. The number of guanidine groups is 1. The average Bonchev–Trinajstić information content (AvgIpc) is 3.47. The van der Waals surface area contributed by atoms with Crippen molar-refractivity contribution in [3.8, 4) is 16.9 Å². The third-order valence-electron chi connectivity index (χ3n) is 8.67. The molecular formula is C34H36ClF4N9O3. The van der Waals surface area contributed by atoms with Crippen molar-refractivity contribution in [2.24, 2.45) is 17.5 Å². The summed E-state index contributed by atoms with van der Waals surface area (Å²) >= 11 is 6.53. The molecular weight excluding hydrogens is 694 g/mol. The van der Waals surface area contributed by atoms with Crippen LogP contribution >= 0.6 is 11.6 Å². The standard InChI is InChI=1S/C34H36ClF4N9O3/c1-32(2,3)14-15-40-30-43-27(36)28-41-19-42-48(28)25-17-22(9-10-23(25)35)26(18-51-31(50)44-33(12-13-33)34(37,38)39)47(30)29(49)21-7-5-20(6-8-21)24-11-16-46(4)45-24/h5-11,16-17,19,26-27H,12-15,18H2,1-4H3,(H,40,43)(H,44,50)/t26-,27?/m1/s1. The normalized spacial score (nSPS) is 19.4. The molecule has 17 heteroatoms. The Balaban J connectivity index is 1.45. The number of nitrogens with zero attached hydrogens (tertiary/aromatic N) is 7. The minimum absolute atomic E-state index is 0.159. The van der Waals surface area contributed by atoms with Gasteiger partial charge in [0, 0.05) is 30.9 Å². The first-order chi connectivity index (χ1) is 24.0. The molecule has 1 aliphatic carbocycles. The van der Waals surface area contributed by atoms with Crippen LogP contribution in [0.15, 0.2) is 66.0 Å². The Bertz CT molecular complexity index is 1950. The minimum Gasteiger partial charge on any atom is -0.447 e. The number of fused-ring (bicyclic) bond motifs is 4. The molecule has 2 amide bonds. The zero-order chi connectivity index (χ0) is 36.7. The number of benzene rings is 2. The number of carbonyl (C=O) groups is 2. The monoisotopic (exact) mass is 729 g/mol. The number of nitrogens with one attached hydrogen (secondary N) is 2. The summed E-state index contributed by atoms with van der Waals surface area (Å²) in [7, 11) is 1.78. The molecule has 1 aliphatic heterocycles. The van der Waals surface area contributed by atoms with Crippen molar-refractivity contribution < 1.29 is 31.9 Å². The second kappa shape index (κ2) is 13.6. The van der Waals surface area contributed by atoms with Gasteiger partial charge in [0.2, 0.25) is 5.96 Å². The molecule has 2 aromatic carbocycles. The number of carbonyl (C=O) groups excluding carboxylic acids is 2. The number of alkyl halides is 4. The van der Waals surface area contributed by atoms with E-state index in [1.165, 1.54) is 16.8 Å². The van der Waals surface area contributed by atoms with Gasteiger partial charge >= 0.3 is 12.3 Å². The topological polar surface area (TPSA) is 132 Å². The Kier molecular flexibility index (Phi) is 9.57. The van der Waals surface area contributed by atoms with Crippen molar-refractivity contribution in [2.75, 3.05) is 13.2 Å². The largest absolute Gasteiger partial charge is 0.447 e. The number of alkyl carbamates (subject to hydrolysis) is 1. The van der Waals surface area contributed by atoms with Crippen molar-refractivity contribution in [1.82, 2.24) is 40.1 Å². The molecule has 2 aliphatic rings. The molecule has 1 unspecified atom stereocenters. The molecule has 2 aromatic heterocycles. The third kappa shape index (κ3) is 7.70. The van der Waals surface area contributed by atoms with Crippen molar-refractivity contribution in [1.29, 1.82) is 0 Å². The van der Waals surface area contributed by atoms with Crippen LogP contribution in [0, 0.1) is 5.41 Å². The summed E-state index contributed by atoms with van der Waals surface area (Å²) < 4.78 is 65.5. The molecule has 270 valence electrons. The lowest BCUT2D eigenvalue weighted by atomic mass is 9.92. The van der Waals surface area contributed by atoms with Crippen LogP contribution in [0.3, 0.4) is 0 Å². The highest BCUT2D eigenvalue weighted by atomic mass is 35.5. The quantitative estimate of drug-likeness (QED) is 0.160. The van der Waals surface area contributed by atoms with Crippen molar-refractivity contribution in [3.05, 3.63) is 83.0 Å². The van der Waals surface area contributed by atoms with Gasteiger partial charge in [0.05, 0.1) is 22.4 Å². The second-order valence-electron chi connectivity index (χ2n) is 13.7. The molecule has 1 saturated carbocycles. The van der Waals surface area contributed by atoms with E-state index in [4.69, 9.17) is 16.3 Å². The summed E-state index contributed by atoms with van der Waals surface area (Å²) in [6, 6.07) is 11.7. The van der Waals surface area contributed by atoms with E-state index in [-0.39, 0.29) is 52.9 Å². The fraction of sp³-hybridized carbons (Fsp3) is 0.412. The number of halogens is 5. The molecule has 4 aromatic rings. The summed E-state index contributed by atoms with van der Waals surface area (Å²) in [5, 5.41) is 13.8. The number of aliphatic imine (C=N–C) groups is 1. The predicted octanol–water partition coefficient (Wildman–Crippen LogP) is 6.69. The molecule has 3 heterocycles. The minimum atomic E-state index is -4.68. The van der Waals surface area contributed by atoms with Crippen molar-refractivity contribution in [2.45, 2.75) is 64.1 Å². The van der Waals surface area contributed by atoms with E-state index >= 15 is 4.39 Å². The van der Waals surface area contributed by atoms with Gasteiger partial charge in [0.25, 0.3) is 12.2 Å². The van der Waals surface area contributed by atoms with Gasteiger partial charge in [-0.3, -0.25) is 14.4 Å². The maximum atomic E-state index is 16.3. The maximum absolute atomic E-state index is 16.3. The van der Waals surface area contributed by atoms with Crippen LogP contribution in [0.1, 0.15) is 74.1 Å². The molecule has 12 nitrogen and oxygen atoms in total. The van der Waals surface area contributed by atoms with Crippen LogP contribution < -0.4 is 10.6 Å². The Hall–Kier alpha value is -4.99. The Morgan fingerprint density at radius 2 is 1.80 bits per heavy atom. The van der Waals surface area contributed by atoms with Gasteiger partial charge in [-0.2, -0.15) is 23.4 Å². The van der Waals surface area contributed by atoms with Crippen LogP contribution in [0.4, 0.5) is 22.4 Å². The Morgan fingerprint density at radius 1 is 1.08 bits per heavy atom. The summed E-state index contributed by atoms with van der Waals surface area (Å²) in [5.41, 5.74) is -0.465. The number of amides is 2.